The Labute approximate surface area is 160 Å². The molecule has 0 radical (unpaired) electrons. The third kappa shape index (κ3) is 4.19. The Balaban J connectivity index is 1.75. The molecule has 2 aromatic rings. The zero-order chi connectivity index (χ0) is 19.7. The molecule has 3 rings (SSSR count). The summed E-state index contributed by atoms with van der Waals surface area (Å²) in [6, 6.07) is 0. The van der Waals surface area contributed by atoms with Crippen LogP contribution in [0.25, 0.3) is 0 Å². The predicted octanol–water partition coefficient (Wildman–Crippen LogP) is -0.0901. The van der Waals surface area contributed by atoms with E-state index in [1.807, 2.05) is 0 Å². The van der Waals surface area contributed by atoms with Crippen molar-refractivity contribution in [3.63, 3.8) is 0 Å². The second-order valence-corrected chi connectivity index (χ2v) is 10.8. The second-order valence-electron chi connectivity index (χ2n) is 5.74. The number of H-pyrrole nitrogens is 1. The Morgan fingerprint density at radius 3 is 2.37 bits per heavy atom. The topological polar surface area (TPSA) is 145 Å². The summed E-state index contributed by atoms with van der Waals surface area (Å²) in [5.74, 6) is -0.345. The van der Waals surface area contributed by atoms with E-state index in [0.29, 0.717) is 6.42 Å². The van der Waals surface area contributed by atoms with Crippen molar-refractivity contribution >= 4 is 42.4 Å². The Morgan fingerprint density at radius 1 is 1.11 bits per heavy atom. The van der Waals surface area contributed by atoms with E-state index in [1.165, 1.54) is 34.3 Å². The summed E-state index contributed by atoms with van der Waals surface area (Å²) in [6.45, 7) is 1.73. The van der Waals surface area contributed by atoms with Crippen LogP contribution in [-0.4, -0.2) is 72.5 Å². The number of thiazole rings is 1. The van der Waals surface area contributed by atoms with Gasteiger partial charge in [0.2, 0.25) is 5.91 Å². The third-order valence-electron chi connectivity index (χ3n) is 3.87. The van der Waals surface area contributed by atoms with Crippen molar-refractivity contribution in [2.45, 2.75) is 22.6 Å². The molecule has 1 saturated heterocycles. The first-order chi connectivity index (χ1) is 12.7. The van der Waals surface area contributed by atoms with Crippen LogP contribution in [0.3, 0.4) is 0 Å². The van der Waals surface area contributed by atoms with E-state index in [0.717, 1.165) is 11.3 Å². The van der Waals surface area contributed by atoms with Crippen LogP contribution in [0.1, 0.15) is 13.3 Å². The smallest absolute Gasteiger partial charge is 0.260 e. The number of imidazole rings is 1. The van der Waals surface area contributed by atoms with E-state index in [1.54, 1.807) is 0 Å². The van der Waals surface area contributed by atoms with Gasteiger partial charge >= 0.3 is 0 Å². The van der Waals surface area contributed by atoms with Crippen molar-refractivity contribution in [2.24, 2.45) is 0 Å². The number of aromatic amines is 1. The van der Waals surface area contributed by atoms with Gasteiger partial charge in [-0.25, -0.2) is 26.8 Å². The molecule has 0 bridgehead atoms. The molecule has 1 amide bonds. The number of hydrogen-bond donors (Lipinski definition) is 2. The Morgan fingerprint density at radius 2 is 1.78 bits per heavy atom. The molecule has 14 heteroatoms. The monoisotopic (exact) mass is 434 g/mol. The summed E-state index contributed by atoms with van der Waals surface area (Å²) in [5, 5.41) is 2.61. The minimum Gasteiger partial charge on any atom is -0.335 e. The number of hydrogen-bond acceptors (Lipinski definition) is 8. The van der Waals surface area contributed by atoms with E-state index in [4.69, 9.17) is 0 Å². The summed E-state index contributed by atoms with van der Waals surface area (Å²) in [7, 11) is -7.58. The molecule has 0 aromatic carbocycles. The molecule has 0 unspecified atom stereocenters. The number of sulfonamides is 2. The predicted molar refractivity (Wildman–Crippen MR) is 97.1 cm³/mol. The highest BCUT2D eigenvalue weighted by Crippen LogP contribution is 2.27. The maximum absolute atomic E-state index is 12.8. The lowest BCUT2D eigenvalue weighted by Crippen LogP contribution is -2.37. The van der Waals surface area contributed by atoms with Crippen molar-refractivity contribution in [2.75, 3.05) is 31.5 Å². The molecule has 0 saturated carbocycles. The van der Waals surface area contributed by atoms with Crippen LogP contribution in [0.2, 0.25) is 0 Å². The number of rotatable bonds is 5. The number of carbonyl (C=O) groups is 1. The number of nitrogens with zero attached hydrogens (tertiary/aromatic N) is 4. The number of amides is 1. The molecule has 27 heavy (non-hydrogen) atoms. The molecule has 0 atom stereocenters. The summed E-state index contributed by atoms with van der Waals surface area (Å²) < 4.78 is 53.3. The molecule has 1 aliphatic heterocycles. The Hall–Kier alpha value is -1.87. The van der Waals surface area contributed by atoms with Crippen molar-refractivity contribution in [1.82, 2.24) is 23.6 Å². The summed E-state index contributed by atoms with van der Waals surface area (Å²) in [4.78, 5) is 21.3. The standard InChI is InChI=1S/C13H18N6O5S3/c1-10(20)17-13-15-8-12(25-13)27(23,24)19-4-2-3-18(5-6-19)26(21,22)11-7-14-9-16-11/h7-9H,2-6H2,1H3,(H,14,16)(H,15,17,20). The highest BCUT2D eigenvalue weighted by atomic mass is 32.2. The summed E-state index contributed by atoms with van der Waals surface area (Å²) in [5.41, 5.74) is 0. The van der Waals surface area contributed by atoms with Crippen LogP contribution >= 0.6 is 11.3 Å². The van der Waals surface area contributed by atoms with Crippen molar-refractivity contribution < 1.29 is 21.6 Å². The fourth-order valence-electron chi connectivity index (χ4n) is 2.59. The van der Waals surface area contributed by atoms with Crippen LogP contribution in [0, 0.1) is 0 Å². The summed E-state index contributed by atoms with van der Waals surface area (Å²) in [6.07, 6.45) is 4.03. The Kier molecular flexibility index (Phi) is 5.62. The third-order valence-corrected chi connectivity index (χ3v) is 8.94. The fourth-order valence-corrected chi connectivity index (χ4v) is 6.66. The van der Waals surface area contributed by atoms with Gasteiger partial charge in [0.1, 0.15) is 0 Å². The van der Waals surface area contributed by atoms with Crippen molar-refractivity contribution in [1.29, 1.82) is 0 Å². The van der Waals surface area contributed by atoms with Gasteiger partial charge in [0.25, 0.3) is 20.0 Å². The molecule has 0 spiro atoms. The largest absolute Gasteiger partial charge is 0.335 e. The zero-order valence-electron chi connectivity index (χ0n) is 14.3. The Bertz CT molecular complexity index is 1010. The molecule has 3 heterocycles. The minimum absolute atomic E-state index is 0.00359. The SMILES string of the molecule is CC(=O)Nc1ncc(S(=O)(=O)N2CCCN(S(=O)(=O)c3cnc[nH]3)CC2)s1. The van der Waals surface area contributed by atoms with E-state index in [9.17, 15) is 21.6 Å². The second kappa shape index (κ2) is 7.63. The molecule has 2 N–H and O–H groups in total. The van der Waals surface area contributed by atoms with Crippen LogP contribution in [0.15, 0.2) is 28.0 Å². The lowest BCUT2D eigenvalue weighted by Gasteiger charge is -2.20. The van der Waals surface area contributed by atoms with Gasteiger partial charge in [0, 0.05) is 33.1 Å². The minimum atomic E-state index is -3.83. The van der Waals surface area contributed by atoms with E-state index < -0.39 is 20.0 Å². The lowest BCUT2D eigenvalue weighted by molar-refractivity contribution is -0.114. The van der Waals surface area contributed by atoms with Crippen LogP contribution in [0.5, 0.6) is 0 Å². The van der Waals surface area contributed by atoms with E-state index >= 15 is 0 Å². The number of carbonyl (C=O) groups excluding carboxylic acids is 1. The van der Waals surface area contributed by atoms with Crippen LogP contribution < -0.4 is 5.32 Å². The van der Waals surface area contributed by atoms with Gasteiger partial charge < -0.3 is 10.3 Å². The van der Waals surface area contributed by atoms with Gasteiger partial charge in [0.05, 0.1) is 18.7 Å². The van der Waals surface area contributed by atoms with Gasteiger partial charge in [-0.2, -0.15) is 8.61 Å². The van der Waals surface area contributed by atoms with E-state index in [2.05, 4.69) is 20.3 Å². The molecular weight excluding hydrogens is 416 g/mol. The quantitative estimate of drug-likeness (QED) is 0.669. The van der Waals surface area contributed by atoms with Crippen molar-refractivity contribution in [3.05, 3.63) is 18.7 Å². The van der Waals surface area contributed by atoms with Crippen LogP contribution in [-0.2, 0) is 24.8 Å². The molecule has 1 aliphatic rings. The van der Waals surface area contributed by atoms with E-state index in [-0.39, 0.29) is 46.5 Å². The number of anilines is 1. The maximum Gasteiger partial charge on any atom is 0.260 e. The van der Waals surface area contributed by atoms with Gasteiger partial charge in [-0.05, 0) is 6.42 Å². The molecule has 0 aliphatic carbocycles. The highest BCUT2D eigenvalue weighted by Gasteiger charge is 2.33. The maximum atomic E-state index is 12.8. The molecular formula is C13H18N6O5S3. The zero-order valence-corrected chi connectivity index (χ0v) is 16.8. The molecule has 2 aromatic heterocycles. The molecule has 11 nitrogen and oxygen atoms in total. The van der Waals surface area contributed by atoms with Gasteiger partial charge in [-0.3, -0.25) is 4.79 Å². The van der Waals surface area contributed by atoms with Gasteiger partial charge in [-0.1, -0.05) is 11.3 Å². The normalized spacial score (nSPS) is 17.5. The molecule has 1 fully saturated rings. The van der Waals surface area contributed by atoms with Gasteiger partial charge in [0.15, 0.2) is 14.4 Å². The first-order valence-electron chi connectivity index (χ1n) is 7.93. The van der Waals surface area contributed by atoms with Crippen molar-refractivity contribution in [3.8, 4) is 0 Å². The average molecular weight is 435 g/mol. The first kappa shape index (κ1) is 19.9. The lowest BCUT2D eigenvalue weighted by atomic mass is 10.4. The molecule has 148 valence electrons. The average Bonchev–Trinajstić information content (AvgIpc) is 3.22. The number of nitrogens with one attached hydrogen (secondary N) is 2. The fraction of sp³-hybridized carbons (Fsp3) is 0.462. The van der Waals surface area contributed by atoms with Gasteiger partial charge in [-0.15, -0.1) is 0 Å². The highest BCUT2D eigenvalue weighted by molar-refractivity contribution is 7.91. The summed E-state index contributed by atoms with van der Waals surface area (Å²) >= 11 is 0.855. The number of aromatic nitrogens is 3. The first-order valence-corrected chi connectivity index (χ1v) is 11.6. The van der Waals surface area contributed by atoms with Crippen LogP contribution in [0.4, 0.5) is 5.13 Å².